The van der Waals surface area contributed by atoms with Gasteiger partial charge in [-0.15, -0.1) is 0 Å². The van der Waals surface area contributed by atoms with Crippen molar-refractivity contribution in [2.75, 3.05) is 0 Å². The Balaban J connectivity index is 1.28. The number of rotatable bonds is 5. The Morgan fingerprint density at radius 1 is 0.294 bits per heavy atom. The molecule has 0 fully saturated rings. The summed E-state index contributed by atoms with van der Waals surface area (Å²) in [6.07, 6.45) is 2.00. The molecular weight excluding hydrogens is 855 g/mol. The van der Waals surface area contributed by atoms with Gasteiger partial charge in [-0.05, 0) is 122 Å². The molecule has 0 saturated carbocycles. The van der Waals surface area contributed by atoms with Crippen LogP contribution in [0.4, 0.5) is 0 Å². The molecule has 2 aliphatic rings. The third-order valence-corrected chi connectivity index (χ3v) is 23.3. The molecular formula is C66H60P2. The highest BCUT2D eigenvalue weighted by molar-refractivity contribution is 7.64. The summed E-state index contributed by atoms with van der Waals surface area (Å²) in [5.74, 6) is 0. The first-order valence-corrected chi connectivity index (χ1v) is 27.7. The van der Waals surface area contributed by atoms with E-state index in [0.717, 1.165) is 12.8 Å². The first-order chi connectivity index (χ1) is 33.0. The van der Waals surface area contributed by atoms with Crippen molar-refractivity contribution in [2.45, 2.75) is 87.3 Å². The molecule has 6 atom stereocenters. The molecule has 2 aliphatic heterocycles. The van der Waals surface area contributed by atoms with Crippen LogP contribution in [0.2, 0.25) is 0 Å². The minimum Gasteiger partial charge on any atom is -0.0844 e. The Hall–Kier alpha value is -5.90. The van der Waals surface area contributed by atoms with Gasteiger partial charge in [0.15, 0.2) is 0 Å². The standard InChI is InChI=1S/C66H60P2/c1-65(2,3)67-57(41-43-21-9-7-10-22-43)53-37-33-45-25-13-17-29-49(45)59(53)61-51-31-19-15-27-47(51)35-39-55(61)63(67)64-56-40-36-48-28-16-20-32-52(48)62(56)60-50-30-18-14-26-46(50)34-38-54(60)58(68(64)66(4,5)6)42-44-23-11-8-12-24-44/h7-40,57-58,63-64H,41-42H2,1-6H3/t57-,58-,63-,64-,67-,68-/m1/s1. The van der Waals surface area contributed by atoms with Crippen LogP contribution >= 0.6 is 15.8 Å². The van der Waals surface area contributed by atoms with Crippen molar-refractivity contribution in [1.82, 2.24) is 0 Å². The first-order valence-electron chi connectivity index (χ1n) is 24.8. The van der Waals surface area contributed by atoms with Gasteiger partial charge in [0, 0.05) is 22.6 Å². The molecule has 2 heteroatoms. The van der Waals surface area contributed by atoms with Gasteiger partial charge in [0.2, 0.25) is 0 Å². The lowest BCUT2D eigenvalue weighted by Gasteiger charge is -2.52. The average molecular weight is 915 g/mol. The van der Waals surface area contributed by atoms with E-state index in [4.69, 9.17) is 0 Å². The topological polar surface area (TPSA) is 0 Å². The van der Waals surface area contributed by atoms with E-state index in [2.05, 4.69) is 248 Å². The van der Waals surface area contributed by atoms with Crippen LogP contribution in [0.15, 0.2) is 206 Å². The molecule has 0 bridgehead atoms. The van der Waals surface area contributed by atoms with Crippen LogP contribution in [0.3, 0.4) is 0 Å². The molecule has 12 rings (SSSR count). The van der Waals surface area contributed by atoms with E-state index in [-0.39, 0.29) is 21.6 Å². The van der Waals surface area contributed by atoms with E-state index in [1.807, 2.05) is 0 Å². The largest absolute Gasteiger partial charge is 0.0844 e. The van der Waals surface area contributed by atoms with Crippen molar-refractivity contribution in [2.24, 2.45) is 0 Å². The van der Waals surface area contributed by atoms with Crippen molar-refractivity contribution in [3.8, 4) is 22.3 Å². The van der Waals surface area contributed by atoms with E-state index >= 15 is 0 Å². The second kappa shape index (κ2) is 17.0. The minimum atomic E-state index is -0.823. The molecule has 10 aromatic rings. The van der Waals surface area contributed by atoms with Gasteiger partial charge in [-0.3, -0.25) is 0 Å². The van der Waals surface area contributed by atoms with E-state index in [1.165, 1.54) is 87.6 Å². The summed E-state index contributed by atoms with van der Waals surface area (Å²) >= 11 is 0. The quantitative estimate of drug-likeness (QED) is 0.151. The summed E-state index contributed by atoms with van der Waals surface area (Å²) in [7, 11) is -1.65. The lowest BCUT2D eigenvalue weighted by molar-refractivity contribution is 0.697. The van der Waals surface area contributed by atoms with Gasteiger partial charge in [0.25, 0.3) is 0 Å². The third kappa shape index (κ3) is 7.26. The molecule has 2 heterocycles. The Morgan fingerprint density at radius 2 is 0.559 bits per heavy atom. The van der Waals surface area contributed by atoms with Crippen molar-refractivity contribution in [3.63, 3.8) is 0 Å². The summed E-state index contributed by atoms with van der Waals surface area (Å²) in [4.78, 5) is 0. The zero-order valence-corrected chi connectivity index (χ0v) is 42.0. The van der Waals surface area contributed by atoms with Crippen LogP contribution in [-0.2, 0) is 12.8 Å². The summed E-state index contributed by atoms with van der Waals surface area (Å²) in [6, 6.07) is 80.4. The van der Waals surface area contributed by atoms with Crippen molar-refractivity contribution < 1.29 is 0 Å². The third-order valence-electron chi connectivity index (χ3n) is 15.4. The Kier molecular flexibility index (Phi) is 10.8. The predicted molar refractivity (Wildman–Crippen MR) is 298 cm³/mol. The highest BCUT2D eigenvalue weighted by atomic mass is 31.1. The van der Waals surface area contributed by atoms with Crippen LogP contribution in [0, 0.1) is 0 Å². The zero-order chi connectivity index (χ0) is 46.3. The lowest BCUT2D eigenvalue weighted by atomic mass is 9.82. The van der Waals surface area contributed by atoms with Gasteiger partial charge >= 0.3 is 0 Å². The molecule has 0 nitrogen and oxygen atoms in total. The lowest BCUT2D eigenvalue weighted by Crippen LogP contribution is -2.28. The average Bonchev–Trinajstić information content (AvgIpc) is 3.56. The second-order valence-corrected chi connectivity index (χ2v) is 28.1. The molecule has 0 N–H and O–H groups in total. The molecule has 334 valence electrons. The van der Waals surface area contributed by atoms with Crippen LogP contribution in [-0.4, -0.2) is 10.3 Å². The van der Waals surface area contributed by atoms with E-state index in [1.54, 1.807) is 11.1 Å². The van der Waals surface area contributed by atoms with E-state index in [0.29, 0.717) is 11.3 Å². The number of benzene rings is 10. The predicted octanol–water partition coefficient (Wildman–Crippen LogP) is 19.6. The Morgan fingerprint density at radius 3 is 0.868 bits per heavy atom. The number of fused-ring (bicyclic) bond motifs is 14. The van der Waals surface area contributed by atoms with Gasteiger partial charge in [-0.25, -0.2) is 0 Å². The second-order valence-electron chi connectivity index (χ2n) is 21.5. The molecule has 0 aromatic heterocycles. The Labute approximate surface area is 406 Å². The van der Waals surface area contributed by atoms with Crippen molar-refractivity contribution >= 4 is 58.9 Å². The molecule has 0 spiro atoms. The number of hydrogen-bond donors (Lipinski definition) is 0. The molecule has 0 amide bonds. The fraction of sp³-hybridized carbons (Fsp3) is 0.212. The fourth-order valence-electron chi connectivity index (χ4n) is 12.8. The molecule has 0 radical (unpaired) electrons. The first kappa shape index (κ1) is 43.4. The summed E-state index contributed by atoms with van der Waals surface area (Å²) in [5.41, 5.74) is 15.9. The van der Waals surface area contributed by atoms with E-state index in [9.17, 15) is 0 Å². The zero-order valence-electron chi connectivity index (χ0n) is 40.2. The van der Waals surface area contributed by atoms with Crippen molar-refractivity contribution in [1.29, 1.82) is 0 Å². The van der Waals surface area contributed by atoms with Gasteiger partial charge in [-0.1, -0.05) is 264 Å². The maximum Gasteiger partial charge on any atom is 0.0167 e. The summed E-state index contributed by atoms with van der Waals surface area (Å²) < 4.78 is 0. The smallest absolute Gasteiger partial charge is 0.0167 e. The maximum absolute atomic E-state index is 2.64. The highest BCUT2D eigenvalue weighted by Crippen LogP contribution is 2.85. The van der Waals surface area contributed by atoms with E-state index < -0.39 is 15.8 Å². The minimum absolute atomic E-state index is 0.0215. The molecule has 0 saturated heterocycles. The molecule has 0 aliphatic carbocycles. The number of hydrogen-bond acceptors (Lipinski definition) is 0. The van der Waals surface area contributed by atoms with Crippen LogP contribution in [0.1, 0.15) is 97.6 Å². The molecule has 68 heavy (non-hydrogen) atoms. The van der Waals surface area contributed by atoms with Gasteiger partial charge < -0.3 is 0 Å². The van der Waals surface area contributed by atoms with Crippen LogP contribution < -0.4 is 0 Å². The van der Waals surface area contributed by atoms with Crippen LogP contribution in [0.25, 0.3) is 65.3 Å². The summed E-state index contributed by atoms with van der Waals surface area (Å²) in [5, 5.41) is 10.7. The Bertz CT molecular complexity index is 3280. The molecule has 10 aromatic carbocycles. The fourth-order valence-corrected chi connectivity index (χ4v) is 21.8. The summed E-state index contributed by atoms with van der Waals surface area (Å²) in [6.45, 7) is 15.7. The normalized spacial score (nSPS) is 20.3. The van der Waals surface area contributed by atoms with Gasteiger partial charge in [-0.2, -0.15) is 0 Å². The van der Waals surface area contributed by atoms with Crippen molar-refractivity contribution in [3.05, 3.63) is 240 Å². The van der Waals surface area contributed by atoms with Gasteiger partial charge in [0.1, 0.15) is 0 Å². The monoisotopic (exact) mass is 914 g/mol. The van der Waals surface area contributed by atoms with Crippen LogP contribution in [0.5, 0.6) is 0 Å². The van der Waals surface area contributed by atoms with Gasteiger partial charge in [0.05, 0.1) is 0 Å². The highest BCUT2D eigenvalue weighted by Gasteiger charge is 2.53. The maximum atomic E-state index is 2.64. The SMILES string of the molecule is CC(C)(C)[P@]1[C@H](Cc2ccccc2)c2ccc3ccccc3c2-c2c(ccc3ccccc23)[C@@H]1[C@H]1c2ccc3ccccc3c2-c2c(ccc3ccccc23)[C@@H](Cc2ccccc2)[P@@]1C(C)(C)C. The molecule has 0 unspecified atom stereocenters.